The summed E-state index contributed by atoms with van der Waals surface area (Å²) in [5.74, 6) is -0.506. The molecule has 3 N–H and O–H groups in total. The van der Waals surface area contributed by atoms with E-state index in [9.17, 15) is 19.8 Å². The van der Waals surface area contributed by atoms with E-state index in [1.807, 2.05) is 0 Å². The van der Waals surface area contributed by atoms with Gasteiger partial charge in [0.2, 0.25) is 5.91 Å². The topological polar surface area (TPSA) is 95.9 Å². The summed E-state index contributed by atoms with van der Waals surface area (Å²) < 4.78 is 5.90. The van der Waals surface area contributed by atoms with Crippen LogP contribution >= 0.6 is 0 Å². The van der Waals surface area contributed by atoms with E-state index < -0.39 is 18.2 Å². The number of allylic oxidation sites excluding steroid dienone is 8. The first-order valence-corrected chi connectivity index (χ1v) is 24.4. The van der Waals surface area contributed by atoms with Crippen molar-refractivity contribution < 1.29 is 24.5 Å². The average Bonchev–Trinajstić information content (AvgIpc) is 3.20. The molecule has 0 saturated heterocycles. The Hall–Kier alpha value is -2.18. The zero-order valence-corrected chi connectivity index (χ0v) is 37.7. The molecule has 0 aromatic rings. The fourth-order valence-electron chi connectivity index (χ4n) is 7.14. The van der Waals surface area contributed by atoms with Crippen molar-refractivity contribution in [2.45, 2.75) is 257 Å². The molecule has 6 heteroatoms. The van der Waals surface area contributed by atoms with Gasteiger partial charge in [0.15, 0.2) is 0 Å². The fraction of sp³-hybridized carbons (Fsp3) is 0.804. The molecule has 0 aliphatic carbocycles. The van der Waals surface area contributed by atoms with Crippen LogP contribution in [-0.4, -0.2) is 46.9 Å². The maximum atomic E-state index is 13.1. The number of carbonyl (C=O) groups is 2. The Bertz CT molecular complexity index is 988. The normalized spacial score (nSPS) is 13.7. The minimum Gasteiger partial charge on any atom is -0.462 e. The predicted molar refractivity (Wildman–Crippen MR) is 245 cm³/mol. The van der Waals surface area contributed by atoms with E-state index >= 15 is 0 Å². The second-order valence-electron chi connectivity index (χ2n) is 16.5. The van der Waals surface area contributed by atoms with Gasteiger partial charge in [0.05, 0.1) is 25.2 Å². The van der Waals surface area contributed by atoms with Gasteiger partial charge in [0, 0.05) is 6.42 Å². The summed E-state index contributed by atoms with van der Waals surface area (Å²) in [7, 11) is 0. The Morgan fingerprint density at radius 3 is 1.40 bits per heavy atom. The predicted octanol–water partition coefficient (Wildman–Crippen LogP) is 14.3. The lowest BCUT2D eigenvalue weighted by molar-refractivity contribution is -0.151. The summed E-state index contributed by atoms with van der Waals surface area (Å²) in [5.41, 5.74) is 0. The number of unbranched alkanes of at least 4 members (excludes halogenated alkanes) is 23. The van der Waals surface area contributed by atoms with Gasteiger partial charge in [-0.1, -0.05) is 185 Å². The minimum absolute atomic E-state index is 0.0594. The highest BCUT2D eigenvalue weighted by atomic mass is 16.5. The lowest BCUT2D eigenvalue weighted by atomic mass is 10.0. The van der Waals surface area contributed by atoms with Crippen LogP contribution in [0.2, 0.25) is 0 Å². The molecule has 332 valence electrons. The molecule has 0 heterocycles. The third-order valence-corrected chi connectivity index (χ3v) is 10.9. The van der Waals surface area contributed by atoms with Gasteiger partial charge in [-0.2, -0.15) is 0 Å². The molecule has 0 bridgehead atoms. The number of aliphatic hydroxyl groups excluding tert-OH is 2. The molecule has 6 nitrogen and oxygen atoms in total. The quantitative estimate of drug-likeness (QED) is 0.0324. The van der Waals surface area contributed by atoms with Crippen LogP contribution in [0, 0.1) is 0 Å². The van der Waals surface area contributed by atoms with Crippen LogP contribution in [0.15, 0.2) is 48.6 Å². The molecule has 0 radical (unpaired) electrons. The zero-order valence-electron chi connectivity index (χ0n) is 37.7. The van der Waals surface area contributed by atoms with E-state index in [1.54, 1.807) is 0 Å². The van der Waals surface area contributed by atoms with Crippen molar-refractivity contribution in [2.75, 3.05) is 6.61 Å². The maximum absolute atomic E-state index is 13.1. The molecule has 0 aliphatic heterocycles. The second kappa shape index (κ2) is 44.9. The molecule has 0 aromatic heterocycles. The third-order valence-electron chi connectivity index (χ3n) is 10.9. The van der Waals surface area contributed by atoms with Crippen molar-refractivity contribution in [1.82, 2.24) is 5.32 Å². The molecule has 0 aliphatic rings. The first-order valence-electron chi connectivity index (χ1n) is 24.4. The molecule has 57 heavy (non-hydrogen) atoms. The maximum Gasteiger partial charge on any atom is 0.306 e. The molecule has 0 spiro atoms. The van der Waals surface area contributed by atoms with E-state index in [0.717, 1.165) is 89.9 Å². The number of carbonyl (C=O) groups excluding carboxylic acids is 2. The van der Waals surface area contributed by atoms with Crippen LogP contribution < -0.4 is 5.32 Å². The van der Waals surface area contributed by atoms with Gasteiger partial charge in [-0.05, 0) is 89.9 Å². The van der Waals surface area contributed by atoms with Gasteiger partial charge in [-0.25, -0.2) is 0 Å². The Kier molecular flexibility index (Phi) is 43.2. The summed E-state index contributed by atoms with van der Waals surface area (Å²) in [6.07, 6.45) is 53.1. The van der Waals surface area contributed by atoms with E-state index in [-0.39, 0.29) is 24.9 Å². The highest BCUT2D eigenvalue weighted by molar-refractivity contribution is 5.77. The summed E-state index contributed by atoms with van der Waals surface area (Å²) in [5, 5.41) is 23.6. The lowest BCUT2D eigenvalue weighted by Crippen LogP contribution is -2.46. The third kappa shape index (κ3) is 40.4. The molecule has 3 atom stereocenters. The standard InChI is InChI=1S/C51H93NO5/c1-4-7-10-13-16-19-21-23-24-25-26-27-28-31-33-36-39-42-47(57-51(56)44-41-38-35-32-29-22-20-17-14-11-8-5-2)45-50(55)52-48(46-53)49(54)43-40-37-34-30-18-15-12-9-6-3/h16-17,19-20,23-24,26-27,47-49,53-54H,4-15,18,21-22,25,28-46H2,1-3H3,(H,52,55)/b19-16-,20-17-,24-23-,27-26-. The molecular formula is C51H93NO5. The van der Waals surface area contributed by atoms with Gasteiger partial charge < -0.3 is 20.3 Å². The summed E-state index contributed by atoms with van der Waals surface area (Å²) >= 11 is 0. The Balaban J connectivity index is 4.66. The van der Waals surface area contributed by atoms with Gasteiger partial charge in [-0.15, -0.1) is 0 Å². The van der Waals surface area contributed by atoms with Gasteiger partial charge in [-0.3, -0.25) is 9.59 Å². The minimum atomic E-state index is -0.793. The lowest BCUT2D eigenvalue weighted by Gasteiger charge is -2.24. The molecule has 0 aromatic carbocycles. The summed E-state index contributed by atoms with van der Waals surface area (Å²) in [6, 6.07) is -0.708. The molecule has 3 unspecified atom stereocenters. The highest BCUT2D eigenvalue weighted by Crippen LogP contribution is 2.17. The van der Waals surface area contributed by atoms with E-state index in [4.69, 9.17) is 4.74 Å². The van der Waals surface area contributed by atoms with Crippen molar-refractivity contribution in [2.24, 2.45) is 0 Å². The van der Waals surface area contributed by atoms with Crippen molar-refractivity contribution in [1.29, 1.82) is 0 Å². The van der Waals surface area contributed by atoms with E-state index in [0.29, 0.717) is 19.3 Å². The van der Waals surface area contributed by atoms with Crippen molar-refractivity contribution >= 4 is 11.9 Å². The highest BCUT2D eigenvalue weighted by Gasteiger charge is 2.24. The van der Waals surface area contributed by atoms with Crippen LogP contribution in [0.25, 0.3) is 0 Å². The first-order chi connectivity index (χ1) is 28.0. The van der Waals surface area contributed by atoms with Crippen molar-refractivity contribution in [3.05, 3.63) is 48.6 Å². The first kappa shape index (κ1) is 54.8. The number of hydrogen-bond acceptors (Lipinski definition) is 5. The zero-order chi connectivity index (χ0) is 41.7. The van der Waals surface area contributed by atoms with Crippen LogP contribution in [-0.2, 0) is 14.3 Å². The number of nitrogens with one attached hydrogen (secondary N) is 1. The summed E-state index contributed by atoms with van der Waals surface area (Å²) in [4.78, 5) is 26.0. The molecule has 0 rings (SSSR count). The monoisotopic (exact) mass is 800 g/mol. The number of aliphatic hydroxyl groups is 2. The number of esters is 1. The smallest absolute Gasteiger partial charge is 0.306 e. The molecular weight excluding hydrogens is 707 g/mol. The second-order valence-corrected chi connectivity index (χ2v) is 16.5. The SMILES string of the molecule is CCCCC/C=C\C/C=C\C/C=C\CCCCCCC(CC(=O)NC(CO)C(O)CCCCCCCCCCC)OC(=O)CCCCCCC/C=C\CCCCC. The van der Waals surface area contributed by atoms with Crippen molar-refractivity contribution in [3.8, 4) is 0 Å². The molecule has 1 amide bonds. The Morgan fingerprint density at radius 2 is 0.895 bits per heavy atom. The van der Waals surface area contributed by atoms with Crippen LogP contribution in [0.5, 0.6) is 0 Å². The van der Waals surface area contributed by atoms with E-state index in [1.165, 1.54) is 103 Å². The average molecular weight is 800 g/mol. The summed E-state index contributed by atoms with van der Waals surface area (Å²) in [6.45, 7) is 6.40. The van der Waals surface area contributed by atoms with Crippen LogP contribution in [0.1, 0.15) is 239 Å². The van der Waals surface area contributed by atoms with Crippen LogP contribution in [0.3, 0.4) is 0 Å². The van der Waals surface area contributed by atoms with Gasteiger partial charge in [0.1, 0.15) is 6.10 Å². The largest absolute Gasteiger partial charge is 0.462 e. The van der Waals surface area contributed by atoms with Gasteiger partial charge in [0.25, 0.3) is 0 Å². The fourth-order valence-corrected chi connectivity index (χ4v) is 7.14. The van der Waals surface area contributed by atoms with Gasteiger partial charge >= 0.3 is 5.97 Å². The van der Waals surface area contributed by atoms with Crippen molar-refractivity contribution in [3.63, 3.8) is 0 Å². The number of amides is 1. The molecule has 0 saturated carbocycles. The number of ether oxygens (including phenoxy) is 1. The number of rotatable bonds is 43. The molecule has 0 fully saturated rings. The Labute approximate surface area is 353 Å². The Morgan fingerprint density at radius 1 is 0.509 bits per heavy atom. The number of hydrogen-bond donors (Lipinski definition) is 3. The van der Waals surface area contributed by atoms with Crippen LogP contribution in [0.4, 0.5) is 0 Å². The van der Waals surface area contributed by atoms with E-state index in [2.05, 4.69) is 74.7 Å².